The Hall–Kier alpha value is -2.89. The number of benzene rings is 2. The first-order valence-corrected chi connectivity index (χ1v) is 12.5. The van der Waals surface area contributed by atoms with E-state index in [1.807, 2.05) is 29.2 Å². The maximum absolute atomic E-state index is 14.3. The van der Waals surface area contributed by atoms with Gasteiger partial charge in [0.1, 0.15) is 11.6 Å². The first-order chi connectivity index (χ1) is 16.5. The van der Waals surface area contributed by atoms with E-state index in [1.54, 1.807) is 19.2 Å². The van der Waals surface area contributed by atoms with Crippen molar-refractivity contribution >= 4 is 11.8 Å². The van der Waals surface area contributed by atoms with Gasteiger partial charge in [0.05, 0.1) is 18.1 Å². The number of hydrogen-bond acceptors (Lipinski definition) is 3. The largest absolute Gasteiger partial charge is 0.497 e. The zero-order chi connectivity index (χ0) is 23.8. The summed E-state index contributed by atoms with van der Waals surface area (Å²) in [7, 11) is 1.65. The normalized spacial score (nSPS) is 26.4. The molecule has 2 aromatic carbocycles. The van der Waals surface area contributed by atoms with Gasteiger partial charge in [-0.1, -0.05) is 43.5 Å². The minimum Gasteiger partial charge on any atom is -0.497 e. The number of ether oxygens (including phenoxy) is 1. The lowest BCUT2D eigenvalue weighted by Crippen LogP contribution is -2.57. The van der Waals surface area contributed by atoms with Crippen molar-refractivity contribution in [2.75, 3.05) is 20.2 Å². The van der Waals surface area contributed by atoms with Crippen molar-refractivity contribution in [1.29, 1.82) is 0 Å². The predicted molar refractivity (Wildman–Crippen MR) is 128 cm³/mol. The van der Waals surface area contributed by atoms with Crippen LogP contribution in [0.25, 0.3) is 0 Å². The number of amides is 2. The van der Waals surface area contributed by atoms with Gasteiger partial charge in [-0.3, -0.25) is 9.59 Å². The van der Waals surface area contributed by atoms with Gasteiger partial charge in [0.25, 0.3) is 0 Å². The van der Waals surface area contributed by atoms with E-state index in [2.05, 4.69) is 5.32 Å². The number of methoxy groups -OCH3 is 1. The summed E-state index contributed by atoms with van der Waals surface area (Å²) in [5.41, 5.74) is 0.965. The average molecular weight is 465 g/mol. The minimum atomic E-state index is -0.553. The van der Waals surface area contributed by atoms with Crippen LogP contribution in [0.5, 0.6) is 5.75 Å². The summed E-state index contributed by atoms with van der Waals surface area (Å²) in [6.07, 6.45) is 6.98. The number of halogens is 1. The molecule has 0 unspecified atom stereocenters. The molecule has 1 saturated carbocycles. The number of hydrogen-bond donors (Lipinski definition) is 1. The van der Waals surface area contributed by atoms with Gasteiger partial charge in [-0.25, -0.2) is 4.39 Å². The SMILES string of the molecule is COc1ccc(C2(C(=O)N3C[C@@H](c4ccc(F)cc4)[C@@]4(CCCC(=O)N4)C3)CCCCC2)cc1. The van der Waals surface area contributed by atoms with Crippen LogP contribution in [-0.2, 0) is 15.0 Å². The summed E-state index contributed by atoms with van der Waals surface area (Å²) in [6.45, 7) is 1.03. The first kappa shape index (κ1) is 22.9. The molecule has 180 valence electrons. The van der Waals surface area contributed by atoms with Crippen LogP contribution in [-0.4, -0.2) is 42.5 Å². The molecule has 3 fully saturated rings. The van der Waals surface area contributed by atoms with Gasteiger partial charge >= 0.3 is 0 Å². The number of carbonyl (C=O) groups excluding carboxylic acids is 2. The smallest absolute Gasteiger partial charge is 0.233 e. The molecule has 1 aliphatic carbocycles. The van der Waals surface area contributed by atoms with Crippen LogP contribution in [0.15, 0.2) is 48.5 Å². The third-order valence-electron chi connectivity index (χ3n) is 8.28. The van der Waals surface area contributed by atoms with Crippen molar-refractivity contribution in [2.45, 2.75) is 68.2 Å². The van der Waals surface area contributed by atoms with Gasteiger partial charge in [-0.15, -0.1) is 0 Å². The predicted octanol–water partition coefficient (Wildman–Crippen LogP) is 4.70. The molecule has 2 saturated heterocycles. The fourth-order valence-electron chi connectivity index (χ4n) is 6.53. The van der Waals surface area contributed by atoms with Gasteiger partial charge in [0, 0.05) is 25.4 Å². The Kier molecular flexibility index (Phi) is 6.09. The van der Waals surface area contributed by atoms with Gasteiger partial charge in [0.2, 0.25) is 11.8 Å². The third kappa shape index (κ3) is 3.97. The van der Waals surface area contributed by atoms with E-state index in [9.17, 15) is 14.0 Å². The average Bonchev–Trinajstić information content (AvgIpc) is 3.22. The Morgan fingerprint density at radius 3 is 2.35 bits per heavy atom. The molecule has 5 rings (SSSR count). The van der Waals surface area contributed by atoms with Crippen LogP contribution in [0.1, 0.15) is 68.4 Å². The molecule has 1 spiro atoms. The van der Waals surface area contributed by atoms with Crippen LogP contribution in [0.2, 0.25) is 0 Å². The highest BCUT2D eigenvalue weighted by Gasteiger charge is 2.54. The molecular formula is C28H33FN2O3. The molecule has 0 radical (unpaired) electrons. The van der Waals surface area contributed by atoms with Crippen LogP contribution in [0, 0.1) is 5.82 Å². The molecule has 2 aromatic rings. The highest BCUT2D eigenvalue weighted by molar-refractivity contribution is 5.89. The molecular weight excluding hydrogens is 431 g/mol. The second-order valence-electron chi connectivity index (χ2n) is 10.2. The van der Waals surface area contributed by atoms with Crippen LogP contribution in [0.3, 0.4) is 0 Å². The van der Waals surface area contributed by atoms with E-state index in [0.717, 1.165) is 61.8 Å². The van der Waals surface area contributed by atoms with Crippen molar-refractivity contribution < 1.29 is 18.7 Å². The number of piperidine rings is 1. The zero-order valence-corrected chi connectivity index (χ0v) is 19.8. The molecule has 1 N–H and O–H groups in total. The Morgan fingerprint density at radius 2 is 1.71 bits per heavy atom. The highest BCUT2D eigenvalue weighted by Crippen LogP contribution is 2.46. The number of carbonyl (C=O) groups is 2. The Bertz CT molecular complexity index is 1050. The van der Waals surface area contributed by atoms with Gasteiger partial charge in [-0.2, -0.15) is 0 Å². The lowest BCUT2D eigenvalue weighted by molar-refractivity contribution is -0.138. The molecule has 2 aliphatic heterocycles. The zero-order valence-electron chi connectivity index (χ0n) is 19.8. The van der Waals surface area contributed by atoms with Gasteiger partial charge in [0.15, 0.2) is 0 Å². The van der Waals surface area contributed by atoms with E-state index in [1.165, 1.54) is 12.1 Å². The first-order valence-electron chi connectivity index (χ1n) is 12.5. The second kappa shape index (κ2) is 9.05. The molecule has 34 heavy (non-hydrogen) atoms. The summed E-state index contributed by atoms with van der Waals surface area (Å²) in [4.78, 5) is 28.8. The Morgan fingerprint density at radius 1 is 1.00 bits per heavy atom. The molecule has 5 nitrogen and oxygen atoms in total. The summed E-state index contributed by atoms with van der Waals surface area (Å²) in [5, 5.41) is 3.27. The van der Waals surface area contributed by atoms with Crippen molar-refractivity contribution in [2.24, 2.45) is 0 Å². The fraction of sp³-hybridized carbons (Fsp3) is 0.500. The molecule has 3 aliphatic rings. The fourth-order valence-corrected chi connectivity index (χ4v) is 6.53. The number of likely N-dealkylation sites (tertiary alicyclic amines) is 1. The van der Waals surface area contributed by atoms with Crippen LogP contribution in [0.4, 0.5) is 4.39 Å². The topological polar surface area (TPSA) is 58.6 Å². The highest BCUT2D eigenvalue weighted by atomic mass is 19.1. The number of nitrogens with zero attached hydrogens (tertiary/aromatic N) is 1. The Labute approximate surface area is 200 Å². The van der Waals surface area contributed by atoms with Crippen molar-refractivity contribution in [1.82, 2.24) is 10.2 Å². The van der Waals surface area contributed by atoms with E-state index in [-0.39, 0.29) is 23.5 Å². The molecule has 0 bridgehead atoms. The van der Waals surface area contributed by atoms with Crippen LogP contribution >= 0.6 is 0 Å². The number of rotatable bonds is 4. The summed E-state index contributed by atoms with van der Waals surface area (Å²) >= 11 is 0. The Balaban J connectivity index is 1.50. The molecule has 0 aromatic heterocycles. The molecule has 2 amide bonds. The van der Waals surface area contributed by atoms with E-state index in [4.69, 9.17) is 4.74 Å². The summed E-state index contributed by atoms with van der Waals surface area (Å²) < 4.78 is 19.0. The molecule has 2 heterocycles. The quantitative estimate of drug-likeness (QED) is 0.714. The second-order valence-corrected chi connectivity index (χ2v) is 10.2. The lowest BCUT2D eigenvalue weighted by Gasteiger charge is -2.41. The number of nitrogens with one attached hydrogen (secondary N) is 1. The maximum Gasteiger partial charge on any atom is 0.233 e. The van der Waals surface area contributed by atoms with Crippen LogP contribution < -0.4 is 10.1 Å². The summed E-state index contributed by atoms with van der Waals surface area (Å²) in [5.74, 6) is 0.634. The van der Waals surface area contributed by atoms with Crippen molar-refractivity contribution in [3.63, 3.8) is 0 Å². The maximum atomic E-state index is 14.3. The van der Waals surface area contributed by atoms with Gasteiger partial charge < -0.3 is 15.0 Å². The molecule has 6 heteroatoms. The standard InChI is InChI=1S/C28H33FN2O3/c1-34-23-13-9-21(10-14-23)27(15-3-2-4-16-27)26(33)31-18-24(20-7-11-22(29)12-8-20)28(19-31)17-5-6-25(32)30-28/h7-14,24H,2-6,15-19H2,1H3,(H,30,32)/t24-,28+/m0/s1. The minimum absolute atomic E-state index is 0.0372. The van der Waals surface area contributed by atoms with E-state index < -0.39 is 11.0 Å². The van der Waals surface area contributed by atoms with Crippen molar-refractivity contribution in [3.05, 3.63) is 65.5 Å². The monoisotopic (exact) mass is 464 g/mol. The van der Waals surface area contributed by atoms with Gasteiger partial charge in [-0.05, 0) is 61.1 Å². The van der Waals surface area contributed by atoms with E-state index in [0.29, 0.717) is 19.5 Å². The third-order valence-corrected chi connectivity index (χ3v) is 8.28. The lowest BCUT2D eigenvalue weighted by atomic mass is 9.68. The van der Waals surface area contributed by atoms with Crippen molar-refractivity contribution in [3.8, 4) is 5.75 Å². The van der Waals surface area contributed by atoms with E-state index >= 15 is 0 Å². The molecule has 2 atom stereocenters. The summed E-state index contributed by atoms with van der Waals surface area (Å²) in [6, 6.07) is 14.5.